The number of hydrogen-bond acceptors (Lipinski definition) is 3. The van der Waals surface area contributed by atoms with Gasteiger partial charge in [0.25, 0.3) is 0 Å². The molecule has 0 amide bonds. The number of rotatable bonds is 5. The van der Waals surface area contributed by atoms with Crippen molar-refractivity contribution in [2.24, 2.45) is 5.73 Å². The Bertz CT molecular complexity index is 412. The third-order valence-electron chi connectivity index (χ3n) is 2.37. The second kappa shape index (κ2) is 6.48. The van der Waals surface area contributed by atoms with Crippen molar-refractivity contribution in [2.75, 3.05) is 0 Å². The summed E-state index contributed by atoms with van der Waals surface area (Å²) in [5, 5.41) is 9.43. The Labute approximate surface area is 107 Å². The molecule has 0 bridgehead atoms. The van der Waals surface area contributed by atoms with Crippen LogP contribution in [0, 0.1) is 11.3 Å². The lowest BCUT2D eigenvalue weighted by molar-refractivity contribution is 0.249. The zero-order chi connectivity index (χ0) is 12.8. The summed E-state index contributed by atoms with van der Waals surface area (Å²) < 4.78 is 5.63. The number of hydrogen-bond donors (Lipinski definition) is 1. The van der Waals surface area contributed by atoms with Crippen LogP contribution in [0.15, 0.2) is 18.2 Å². The van der Waals surface area contributed by atoms with E-state index in [1.807, 2.05) is 26.0 Å². The Hall–Kier alpha value is -1.24. The highest BCUT2D eigenvalue weighted by Gasteiger charge is 2.14. The van der Waals surface area contributed by atoms with Gasteiger partial charge in [-0.15, -0.1) is 0 Å². The molecule has 17 heavy (non-hydrogen) atoms. The van der Waals surface area contributed by atoms with Gasteiger partial charge in [-0.2, -0.15) is 5.26 Å². The summed E-state index contributed by atoms with van der Waals surface area (Å²) in [7, 11) is 0. The molecule has 3 nitrogen and oxygen atoms in total. The van der Waals surface area contributed by atoms with Crippen molar-refractivity contribution in [3.8, 4) is 11.8 Å². The molecule has 0 heterocycles. The summed E-state index contributed by atoms with van der Waals surface area (Å²) in [6, 6.07) is 7.66. The van der Waals surface area contributed by atoms with Crippen LogP contribution in [0.5, 0.6) is 5.75 Å². The van der Waals surface area contributed by atoms with Crippen LogP contribution >= 0.6 is 11.6 Å². The normalized spacial score (nSPS) is 13.8. The number of nitriles is 1. The van der Waals surface area contributed by atoms with Gasteiger partial charge >= 0.3 is 0 Å². The third-order valence-corrected chi connectivity index (χ3v) is 2.66. The molecule has 0 spiro atoms. The summed E-state index contributed by atoms with van der Waals surface area (Å²) in [6.07, 6.45) is 0.832. The van der Waals surface area contributed by atoms with E-state index in [9.17, 15) is 0 Å². The van der Waals surface area contributed by atoms with Gasteiger partial charge in [-0.3, -0.25) is 0 Å². The zero-order valence-corrected chi connectivity index (χ0v) is 10.9. The average Bonchev–Trinajstić information content (AvgIpc) is 2.28. The Morgan fingerprint density at radius 2 is 2.24 bits per heavy atom. The second-order valence-corrected chi connectivity index (χ2v) is 4.46. The molecular weight excluding hydrogens is 236 g/mol. The lowest BCUT2D eigenvalue weighted by Gasteiger charge is -2.16. The average molecular weight is 253 g/mol. The fourth-order valence-corrected chi connectivity index (χ4v) is 1.77. The van der Waals surface area contributed by atoms with Crippen LogP contribution in [0.4, 0.5) is 0 Å². The molecule has 2 unspecified atom stereocenters. The van der Waals surface area contributed by atoms with E-state index in [0.29, 0.717) is 23.6 Å². The van der Waals surface area contributed by atoms with E-state index in [4.69, 9.17) is 27.3 Å². The molecule has 0 saturated carbocycles. The maximum absolute atomic E-state index is 8.91. The largest absolute Gasteiger partial charge is 0.474 e. The molecule has 2 N–H and O–H groups in total. The van der Waals surface area contributed by atoms with E-state index in [-0.39, 0.29) is 6.04 Å². The molecule has 92 valence electrons. The van der Waals surface area contributed by atoms with E-state index in [1.165, 1.54) is 0 Å². The highest BCUT2D eigenvalue weighted by atomic mass is 35.5. The SMILES string of the molecule is CCC(C#N)Oc1c(Cl)cccc1CC(C)N. The van der Waals surface area contributed by atoms with Crippen LogP contribution in [-0.2, 0) is 6.42 Å². The molecule has 0 aliphatic rings. The second-order valence-electron chi connectivity index (χ2n) is 4.05. The maximum atomic E-state index is 8.91. The van der Waals surface area contributed by atoms with Crippen LogP contribution in [-0.4, -0.2) is 12.1 Å². The summed E-state index contributed by atoms with van der Waals surface area (Å²) in [5.74, 6) is 0.583. The molecule has 0 saturated heterocycles. The van der Waals surface area contributed by atoms with E-state index >= 15 is 0 Å². The number of nitrogens with two attached hydrogens (primary N) is 1. The minimum Gasteiger partial charge on any atom is -0.474 e. The summed E-state index contributed by atoms with van der Waals surface area (Å²) in [5.41, 5.74) is 6.72. The maximum Gasteiger partial charge on any atom is 0.184 e. The molecule has 1 rings (SSSR count). The molecule has 0 fully saturated rings. The first kappa shape index (κ1) is 13.8. The number of benzene rings is 1. The first-order valence-electron chi connectivity index (χ1n) is 5.67. The van der Waals surface area contributed by atoms with Crippen LogP contribution in [0.1, 0.15) is 25.8 Å². The quantitative estimate of drug-likeness (QED) is 0.877. The van der Waals surface area contributed by atoms with Crippen LogP contribution in [0.25, 0.3) is 0 Å². The van der Waals surface area contributed by atoms with Crippen molar-refractivity contribution >= 4 is 11.6 Å². The van der Waals surface area contributed by atoms with Gasteiger partial charge in [-0.1, -0.05) is 30.7 Å². The monoisotopic (exact) mass is 252 g/mol. The van der Waals surface area contributed by atoms with Crippen molar-refractivity contribution in [3.63, 3.8) is 0 Å². The van der Waals surface area contributed by atoms with Crippen LogP contribution < -0.4 is 10.5 Å². The van der Waals surface area contributed by atoms with Crippen molar-refractivity contribution in [1.29, 1.82) is 5.26 Å². The van der Waals surface area contributed by atoms with E-state index < -0.39 is 6.10 Å². The molecule has 2 atom stereocenters. The Kier molecular flexibility index (Phi) is 5.27. The number of para-hydroxylation sites is 1. The van der Waals surface area contributed by atoms with Gasteiger partial charge in [0.05, 0.1) is 5.02 Å². The summed E-state index contributed by atoms with van der Waals surface area (Å²) >= 11 is 6.10. The predicted octanol–water partition coefficient (Wildman–Crippen LogP) is 2.91. The molecule has 1 aromatic rings. The fraction of sp³-hybridized carbons (Fsp3) is 0.462. The summed E-state index contributed by atoms with van der Waals surface area (Å²) in [4.78, 5) is 0. The van der Waals surface area contributed by atoms with Gasteiger partial charge in [-0.25, -0.2) is 0 Å². The molecule has 0 radical (unpaired) electrons. The molecule has 0 aromatic heterocycles. The standard InChI is InChI=1S/C13H17ClN2O/c1-3-11(8-15)17-13-10(7-9(2)16)5-4-6-12(13)14/h4-6,9,11H,3,7,16H2,1-2H3. The topological polar surface area (TPSA) is 59.0 Å². The van der Waals surface area contributed by atoms with Gasteiger partial charge in [0.15, 0.2) is 6.10 Å². The van der Waals surface area contributed by atoms with Crippen molar-refractivity contribution in [2.45, 2.75) is 38.8 Å². The van der Waals surface area contributed by atoms with Gasteiger partial charge in [0, 0.05) is 6.04 Å². The van der Waals surface area contributed by atoms with E-state index in [2.05, 4.69) is 6.07 Å². The van der Waals surface area contributed by atoms with E-state index in [1.54, 1.807) is 6.07 Å². The molecular formula is C13H17ClN2O. The Morgan fingerprint density at radius 3 is 2.76 bits per heavy atom. The number of ether oxygens (including phenoxy) is 1. The fourth-order valence-electron chi connectivity index (χ4n) is 1.54. The highest BCUT2D eigenvalue weighted by molar-refractivity contribution is 6.32. The molecule has 4 heteroatoms. The third kappa shape index (κ3) is 3.92. The first-order valence-corrected chi connectivity index (χ1v) is 6.05. The number of nitrogens with zero attached hydrogens (tertiary/aromatic N) is 1. The minimum absolute atomic E-state index is 0.0259. The Balaban J connectivity index is 2.99. The zero-order valence-electron chi connectivity index (χ0n) is 10.1. The van der Waals surface area contributed by atoms with Crippen molar-refractivity contribution in [3.05, 3.63) is 28.8 Å². The first-order chi connectivity index (χ1) is 8.08. The van der Waals surface area contributed by atoms with Crippen LogP contribution in [0.3, 0.4) is 0 Å². The highest BCUT2D eigenvalue weighted by Crippen LogP contribution is 2.30. The van der Waals surface area contributed by atoms with Crippen molar-refractivity contribution < 1.29 is 4.74 Å². The lowest BCUT2D eigenvalue weighted by Crippen LogP contribution is -2.20. The molecule has 0 aliphatic carbocycles. The van der Waals surface area contributed by atoms with Crippen LogP contribution in [0.2, 0.25) is 5.02 Å². The minimum atomic E-state index is -0.471. The van der Waals surface area contributed by atoms with Gasteiger partial charge in [-0.05, 0) is 31.4 Å². The van der Waals surface area contributed by atoms with Gasteiger partial charge in [0.2, 0.25) is 0 Å². The smallest absolute Gasteiger partial charge is 0.184 e. The van der Waals surface area contributed by atoms with Gasteiger partial charge < -0.3 is 10.5 Å². The van der Waals surface area contributed by atoms with Crippen molar-refractivity contribution in [1.82, 2.24) is 0 Å². The summed E-state index contributed by atoms with van der Waals surface area (Å²) in [6.45, 7) is 3.82. The molecule has 1 aromatic carbocycles. The Morgan fingerprint density at radius 1 is 1.53 bits per heavy atom. The lowest BCUT2D eigenvalue weighted by atomic mass is 10.1. The predicted molar refractivity (Wildman–Crippen MR) is 69.1 cm³/mol. The van der Waals surface area contributed by atoms with Gasteiger partial charge in [0.1, 0.15) is 11.8 Å². The number of halogens is 1. The molecule has 0 aliphatic heterocycles. The van der Waals surface area contributed by atoms with E-state index in [0.717, 1.165) is 5.56 Å².